The third-order valence-electron chi connectivity index (χ3n) is 1.70. The van der Waals surface area contributed by atoms with Crippen molar-refractivity contribution in [2.75, 3.05) is 18.8 Å². The van der Waals surface area contributed by atoms with Gasteiger partial charge < -0.3 is 0 Å². The topological polar surface area (TPSA) is 37.4 Å². The van der Waals surface area contributed by atoms with E-state index >= 15 is 0 Å². The molecule has 0 saturated carbocycles. The standard InChI is InChI=1S/C8H19NO2S.ClH/c1-4-7-9(8-5-2)12(10,11)6-3;/h4-8H2,1-3H3;1H. The molecular weight excluding hydrogens is 210 g/mol. The van der Waals surface area contributed by atoms with Crippen molar-refractivity contribution >= 4 is 22.4 Å². The minimum Gasteiger partial charge on any atom is -0.212 e. The monoisotopic (exact) mass is 229 g/mol. The van der Waals surface area contributed by atoms with Gasteiger partial charge in [-0.15, -0.1) is 12.4 Å². The van der Waals surface area contributed by atoms with Crippen molar-refractivity contribution < 1.29 is 8.42 Å². The fourth-order valence-corrected chi connectivity index (χ4v) is 2.36. The molecule has 0 aromatic rings. The zero-order chi connectivity index (χ0) is 9.61. The number of sulfonamides is 1. The smallest absolute Gasteiger partial charge is 0.212 e. The van der Waals surface area contributed by atoms with E-state index in [9.17, 15) is 8.42 Å². The van der Waals surface area contributed by atoms with Gasteiger partial charge in [-0.3, -0.25) is 0 Å². The summed E-state index contributed by atoms with van der Waals surface area (Å²) >= 11 is 0. The third kappa shape index (κ3) is 5.49. The molecule has 0 aromatic carbocycles. The van der Waals surface area contributed by atoms with Gasteiger partial charge in [0.25, 0.3) is 0 Å². The van der Waals surface area contributed by atoms with E-state index in [1.54, 1.807) is 11.2 Å². The Morgan fingerprint density at radius 3 is 1.62 bits per heavy atom. The average molecular weight is 230 g/mol. The molecule has 0 aliphatic heterocycles. The number of hydrogen-bond donors (Lipinski definition) is 0. The van der Waals surface area contributed by atoms with Crippen LogP contribution in [-0.4, -0.2) is 31.6 Å². The van der Waals surface area contributed by atoms with Crippen LogP contribution in [0.5, 0.6) is 0 Å². The maximum atomic E-state index is 11.4. The summed E-state index contributed by atoms with van der Waals surface area (Å²) in [7, 11) is -2.95. The van der Waals surface area contributed by atoms with Crippen LogP contribution < -0.4 is 0 Å². The molecule has 0 aromatic heterocycles. The Morgan fingerprint density at radius 2 is 1.38 bits per heavy atom. The first-order valence-electron chi connectivity index (χ1n) is 4.56. The lowest BCUT2D eigenvalue weighted by Gasteiger charge is -2.19. The van der Waals surface area contributed by atoms with Crippen molar-refractivity contribution in [1.29, 1.82) is 0 Å². The Morgan fingerprint density at radius 1 is 1.00 bits per heavy atom. The minimum absolute atomic E-state index is 0. The van der Waals surface area contributed by atoms with Crippen LogP contribution in [0.25, 0.3) is 0 Å². The Kier molecular flexibility index (Phi) is 9.14. The molecule has 0 bridgehead atoms. The number of halogens is 1. The fourth-order valence-electron chi connectivity index (χ4n) is 1.07. The highest BCUT2D eigenvalue weighted by Crippen LogP contribution is 2.03. The second-order valence-electron chi connectivity index (χ2n) is 2.80. The molecule has 0 atom stereocenters. The van der Waals surface area contributed by atoms with E-state index in [2.05, 4.69) is 0 Å². The van der Waals surface area contributed by atoms with Gasteiger partial charge >= 0.3 is 0 Å². The highest BCUT2D eigenvalue weighted by molar-refractivity contribution is 7.89. The quantitative estimate of drug-likeness (QED) is 0.698. The second kappa shape index (κ2) is 7.59. The molecule has 0 rings (SSSR count). The predicted molar refractivity (Wildman–Crippen MR) is 58.9 cm³/mol. The molecule has 3 nitrogen and oxygen atoms in total. The molecule has 82 valence electrons. The molecule has 0 N–H and O–H groups in total. The molecule has 0 fully saturated rings. The summed E-state index contributed by atoms with van der Waals surface area (Å²) in [5.41, 5.74) is 0. The summed E-state index contributed by atoms with van der Waals surface area (Å²) in [5, 5.41) is 0. The molecule has 0 unspecified atom stereocenters. The Hall–Kier alpha value is 0.200. The maximum absolute atomic E-state index is 11.4. The zero-order valence-corrected chi connectivity index (χ0v) is 10.2. The van der Waals surface area contributed by atoms with Crippen LogP contribution >= 0.6 is 12.4 Å². The van der Waals surface area contributed by atoms with Gasteiger partial charge in [-0.2, -0.15) is 0 Å². The first-order chi connectivity index (χ1) is 5.58. The number of nitrogens with zero attached hydrogens (tertiary/aromatic N) is 1. The summed E-state index contributed by atoms with van der Waals surface area (Å²) in [6.45, 7) is 6.99. The molecular formula is C8H20ClNO2S. The van der Waals surface area contributed by atoms with Crippen molar-refractivity contribution in [3.05, 3.63) is 0 Å². The van der Waals surface area contributed by atoms with Gasteiger partial charge in [0.05, 0.1) is 5.75 Å². The van der Waals surface area contributed by atoms with Gasteiger partial charge in [0.1, 0.15) is 0 Å². The Bertz CT molecular complexity index is 198. The third-order valence-corrected chi connectivity index (χ3v) is 3.59. The highest BCUT2D eigenvalue weighted by atomic mass is 35.5. The number of hydrogen-bond acceptors (Lipinski definition) is 2. The van der Waals surface area contributed by atoms with Crippen LogP contribution in [0.1, 0.15) is 33.6 Å². The molecule has 0 aliphatic rings. The lowest BCUT2D eigenvalue weighted by molar-refractivity contribution is 0.411. The molecule has 0 heterocycles. The Labute approximate surface area is 88.0 Å². The van der Waals surface area contributed by atoms with Gasteiger partial charge in [0.15, 0.2) is 0 Å². The van der Waals surface area contributed by atoms with Gasteiger partial charge in [0.2, 0.25) is 10.0 Å². The van der Waals surface area contributed by atoms with Crippen LogP contribution in [0.4, 0.5) is 0 Å². The first kappa shape index (κ1) is 15.7. The summed E-state index contributed by atoms with van der Waals surface area (Å²) in [4.78, 5) is 0. The maximum Gasteiger partial charge on any atom is 0.213 e. The van der Waals surface area contributed by atoms with Crippen molar-refractivity contribution in [1.82, 2.24) is 4.31 Å². The van der Waals surface area contributed by atoms with E-state index in [1.165, 1.54) is 0 Å². The van der Waals surface area contributed by atoms with E-state index in [-0.39, 0.29) is 18.2 Å². The van der Waals surface area contributed by atoms with E-state index in [1.807, 2.05) is 13.8 Å². The Balaban J connectivity index is 0. The molecule has 0 aliphatic carbocycles. The van der Waals surface area contributed by atoms with E-state index in [0.717, 1.165) is 12.8 Å². The van der Waals surface area contributed by atoms with Crippen molar-refractivity contribution in [3.63, 3.8) is 0 Å². The van der Waals surface area contributed by atoms with Crippen molar-refractivity contribution in [3.8, 4) is 0 Å². The van der Waals surface area contributed by atoms with Gasteiger partial charge in [-0.1, -0.05) is 13.8 Å². The van der Waals surface area contributed by atoms with Crippen LogP contribution in [0.3, 0.4) is 0 Å². The molecule has 13 heavy (non-hydrogen) atoms. The molecule has 0 saturated heterocycles. The summed E-state index contributed by atoms with van der Waals surface area (Å²) in [5.74, 6) is 0.215. The zero-order valence-electron chi connectivity index (χ0n) is 8.62. The van der Waals surface area contributed by atoms with E-state index in [4.69, 9.17) is 0 Å². The second-order valence-corrected chi connectivity index (χ2v) is 5.06. The van der Waals surface area contributed by atoms with E-state index in [0.29, 0.717) is 13.1 Å². The molecule has 0 radical (unpaired) electrons. The van der Waals surface area contributed by atoms with Crippen molar-refractivity contribution in [2.45, 2.75) is 33.6 Å². The predicted octanol–water partition coefficient (Wildman–Crippen LogP) is 1.88. The lowest BCUT2D eigenvalue weighted by Crippen LogP contribution is -2.33. The SMILES string of the molecule is CCCN(CCC)S(=O)(=O)CC.Cl. The molecule has 0 amide bonds. The van der Waals surface area contributed by atoms with Gasteiger partial charge in [-0.05, 0) is 19.8 Å². The molecule has 0 spiro atoms. The minimum atomic E-state index is -2.95. The van der Waals surface area contributed by atoms with Gasteiger partial charge in [0, 0.05) is 13.1 Å². The van der Waals surface area contributed by atoms with Crippen molar-refractivity contribution in [2.24, 2.45) is 0 Å². The summed E-state index contributed by atoms with van der Waals surface area (Å²) < 4.78 is 24.4. The van der Waals surface area contributed by atoms with Crippen LogP contribution in [0.15, 0.2) is 0 Å². The molecule has 5 heteroatoms. The number of rotatable bonds is 6. The van der Waals surface area contributed by atoms with Gasteiger partial charge in [-0.25, -0.2) is 12.7 Å². The normalized spacial score (nSPS) is 11.4. The fraction of sp³-hybridized carbons (Fsp3) is 1.00. The first-order valence-corrected chi connectivity index (χ1v) is 6.17. The average Bonchev–Trinajstić information content (AvgIpc) is 2.04. The summed E-state index contributed by atoms with van der Waals surface area (Å²) in [6, 6.07) is 0. The largest absolute Gasteiger partial charge is 0.213 e. The van der Waals surface area contributed by atoms with Crippen LogP contribution in [0.2, 0.25) is 0 Å². The highest BCUT2D eigenvalue weighted by Gasteiger charge is 2.16. The van der Waals surface area contributed by atoms with Crippen LogP contribution in [-0.2, 0) is 10.0 Å². The summed E-state index contributed by atoms with van der Waals surface area (Å²) in [6.07, 6.45) is 1.78. The van der Waals surface area contributed by atoms with Crippen LogP contribution in [0, 0.1) is 0 Å². The lowest BCUT2D eigenvalue weighted by atomic mass is 10.4. The van der Waals surface area contributed by atoms with E-state index < -0.39 is 10.0 Å².